The van der Waals surface area contributed by atoms with Crippen LogP contribution in [0.5, 0.6) is 0 Å². The standard InChI is InChI=1S/C19H28N6.HI/c1-4-5-6-7-8-13-24(3)19(20-2)22-14-17-9-11-18(12-10-17)25-16-21-15-23-25;/h4,9-12,15-16H,1,5-8,13-14H2,2-3H3,(H,20,22);1H. The lowest BCUT2D eigenvalue weighted by Crippen LogP contribution is -2.39. The van der Waals surface area contributed by atoms with Gasteiger partial charge in [0, 0.05) is 27.2 Å². The van der Waals surface area contributed by atoms with Crippen LogP contribution in [0, 0.1) is 0 Å². The van der Waals surface area contributed by atoms with Crippen LogP contribution in [-0.2, 0) is 6.54 Å². The fraction of sp³-hybridized carbons (Fsp3) is 0.421. The molecule has 142 valence electrons. The van der Waals surface area contributed by atoms with E-state index >= 15 is 0 Å². The molecule has 0 aliphatic rings. The van der Waals surface area contributed by atoms with Crippen molar-refractivity contribution >= 4 is 29.9 Å². The number of unbranched alkanes of at least 4 members (excludes halogenated alkanes) is 3. The Morgan fingerprint density at radius 1 is 1.27 bits per heavy atom. The van der Waals surface area contributed by atoms with E-state index in [1.54, 1.807) is 11.0 Å². The Balaban J connectivity index is 0.00000338. The first-order valence-corrected chi connectivity index (χ1v) is 8.71. The average Bonchev–Trinajstić information content (AvgIpc) is 3.17. The van der Waals surface area contributed by atoms with Crippen molar-refractivity contribution in [1.82, 2.24) is 25.0 Å². The summed E-state index contributed by atoms with van der Waals surface area (Å²) in [6.45, 7) is 5.50. The predicted octanol–water partition coefficient (Wildman–Crippen LogP) is 3.64. The fourth-order valence-corrected chi connectivity index (χ4v) is 2.59. The molecular weight excluding hydrogens is 439 g/mol. The van der Waals surface area contributed by atoms with Crippen molar-refractivity contribution in [3.63, 3.8) is 0 Å². The monoisotopic (exact) mass is 468 g/mol. The van der Waals surface area contributed by atoms with Crippen LogP contribution < -0.4 is 5.32 Å². The van der Waals surface area contributed by atoms with E-state index in [9.17, 15) is 0 Å². The first-order valence-electron chi connectivity index (χ1n) is 8.71. The minimum atomic E-state index is 0. The van der Waals surface area contributed by atoms with Gasteiger partial charge in [-0.3, -0.25) is 4.99 Å². The fourth-order valence-electron chi connectivity index (χ4n) is 2.59. The van der Waals surface area contributed by atoms with Crippen molar-refractivity contribution in [2.45, 2.75) is 32.2 Å². The number of aliphatic imine (C=N–C) groups is 1. The highest BCUT2D eigenvalue weighted by atomic mass is 127. The Morgan fingerprint density at radius 3 is 2.65 bits per heavy atom. The van der Waals surface area contributed by atoms with E-state index < -0.39 is 0 Å². The molecule has 0 radical (unpaired) electrons. The number of nitrogens with one attached hydrogen (secondary N) is 1. The molecule has 2 rings (SSSR count). The molecule has 0 amide bonds. The molecule has 1 aromatic carbocycles. The van der Waals surface area contributed by atoms with Crippen molar-refractivity contribution in [3.8, 4) is 5.69 Å². The van der Waals surface area contributed by atoms with Crippen molar-refractivity contribution in [2.24, 2.45) is 4.99 Å². The van der Waals surface area contributed by atoms with Crippen LogP contribution in [0.15, 0.2) is 54.6 Å². The topological polar surface area (TPSA) is 58.3 Å². The van der Waals surface area contributed by atoms with E-state index in [0.717, 1.165) is 37.6 Å². The highest BCUT2D eigenvalue weighted by molar-refractivity contribution is 14.0. The summed E-state index contributed by atoms with van der Waals surface area (Å²) in [5, 5.41) is 7.55. The lowest BCUT2D eigenvalue weighted by molar-refractivity contribution is 0.455. The summed E-state index contributed by atoms with van der Waals surface area (Å²) in [7, 11) is 3.90. The number of guanidine groups is 1. The van der Waals surface area contributed by atoms with Crippen LogP contribution in [0.4, 0.5) is 0 Å². The number of rotatable bonds is 9. The Kier molecular flexibility index (Phi) is 10.6. The molecule has 0 saturated carbocycles. The van der Waals surface area contributed by atoms with Crippen LogP contribution in [0.1, 0.15) is 31.2 Å². The van der Waals surface area contributed by atoms with Crippen molar-refractivity contribution in [3.05, 3.63) is 55.1 Å². The van der Waals surface area contributed by atoms with Crippen molar-refractivity contribution in [1.29, 1.82) is 0 Å². The zero-order chi connectivity index (χ0) is 17.9. The van der Waals surface area contributed by atoms with E-state index in [1.165, 1.54) is 24.7 Å². The number of allylic oxidation sites excluding steroid dienone is 1. The molecule has 0 bridgehead atoms. The van der Waals surface area contributed by atoms with Gasteiger partial charge in [-0.15, -0.1) is 30.6 Å². The van der Waals surface area contributed by atoms with Gasteiger partial charge in [-0.1, -0.05) is 24.6 Å². The summed E-state index contributed by atoms with van der Waals surface area (Å²) in [5.74, 6) is 0.920. The van der Waals surface area contributed by atoms with E-state index in [1.807, 2.05) is 25.3 Å². The molecule has 0 aliphatic carbocycles. The summed E-state index contributed by atoms with van der Waals surface area (Å²) in [4.78, 5) is 10.5. The maximum atomic E-state index is 4.37. The minimum absolute atomic E-state index is 0. The SMILES string of the molecule is C=CCCCCCN(C)C(=NC)NCc1ccc(-n2cncn2)cc1.I. The summed E-state index contributed by atoms with van der Waals surface area (Å²) in [5.41, 5.74) is 2.20. The molecule has 0 atom stereocenters. The van der Waals surface area contributed by atoms with Gasteiger partial charge in [0.25, 0.3) is 0 Å². The normalized spacial score (nSPS) is 10.9. The molecule has 0 spiro atoms. The van der Waals surface area contributed by atoms with Crippen molar-refractivity contribution in [2.75, 3.05) is 20.6 Å². The second-order valence-corrected chi connectivity index (χ2v) is 5.97. The van der Waals surface area contributed by atoms with Gasteiger partial charge < -0.3 is 10.2 Å². The Bertz CT molecular complexity index is 651. The summed E-state index contributed by atoms with van der Waals surface area (Å²) < 4.78 is 1.75. The maximum Gasteiger partial charge on any atom is 0.193 e. The Hall–Kier alpha value is -1.90. The van der Waals surface area contributed by atoms with Gasteiger partial charge >= 0.3 is 0 Å². The first kappa shape index (κ1) is 22.1. The third-order valence-electron chi connectivity index (χ3n) is 4.05. The number of hydrogen-bond acceptors (Lipinski definition) is 3. The van der Waals surface area contributed by atoms with E-state index in [0.29, 0.717) is 0 Å². The number of hydrogen-bond donors (Lipinski definition) is 1. The van der Waals surface area contributed by atoms with Crippen LogP contribution in [0.25, 0.3) is 5.69 Å². The summed E-state index contributed by atoms with van der Waals surface area (Å²) in [6, 6.07) is 8.26. The van der Waals surface area contributed by atoms with E-state index in [4.69, 9.17) is 0 Å². The van der Waals surface area contributed by atoms with E-state index in [2.05, 4.69) is 51.1 Å². The Morgan fingerprint density at radius 2 is 2.04 bits per heavy atom. The predicted molar refractivity (Wildman–Crippen MR) is 118 cm³/mol. The number of halogens is 1. The molecule has 1 N–H and O–H groups in total. The van der Waals surface area contributed by atoms with Gasteiger partial charge in [-0.2, -0.15) is 5.10 Å². The lowest BCUT2D eigenvalue weighted by Gasteiger charge is -2.22. The molecule has 0 aliphatic heterocycles. The molecule has 0 unspecified atom stereocenters. The molecule has 0 fully saturated rings. The van der Waals surface area contributed by atoms with Gasteiger partial charge in [-0.05, 0) is 37.0 Å². The smallest absolute Gasteiger partial charge is 0.193 e. The number of benzene rings is 1. The van der Waals surface area contributed by atoms with Gasteiger partial charge in [0.05, 0.1) is 5.69 Å². The van der Waals surface area contributed by atoms with Crippen LogP contribution in [-0.4, -0.2) is 46.3 Å². The molecular formula is C19H29IN6. The minimum Gasteiger partial charge on any atom is -0.352 e. The molecule has 26 heavy (non-hydrogen) atoms. The molecule has 2 aromatic rings. The second kappa shape index (κ2) is 12.5. The zero-order valence-electron chi connectivity index (χ0n) is 15.6. The lowest BCUT2D eigenvalue weighted by atomic mass is 10.2. The zero-order valence-corrected chi connectivity index (χ0v) is 18.0. The van der Waals surface area contributed by atoms with Gasteiger partial charge in [0.15, 0.2) is 5.96 Å². The molecule has 6 nitrogen and oxygen atoms in total. The van der Waals surface area contributed by atoms with Crippen LogP contribution >= 0.6 is 24.0 Å². The van der Waals surface area contributed by atoms with Crippen LogP contribution in [0.2, 0.25) is 0 Å². The van der Waals surface area contributed by atoms with Crippen molar-refractivity contribution < 1.29 is 0 Å². The third-order valence-corrected chi connectivity index (χ3v) is 4.05. The maximum absolute atomic E-state index is 4.37. The number of aromatic nitrogens is 3. The highest BCUT2D eigenvalue weighted by Gasteiger charge is 2.05. The molecule has 1 heterocycles. The molecule has 0 saturated heterocycles. The quantitative estimate of drug-likeness (QED) is 0.201. The van der Waals surface area contributed by atoms with Gasteiger partial charge in [0.1, 0.15) is 12.7 Å². The third kappa shape index (κ3) is 7.15. The second-order valence-electron chi connectivity index (χ2n) is 5.97. The largest absolute Gasteiger partial charge is 0.352 e. The van der Waals surface area contributed by atoms with Crippen LogP contribution in [0.3, 0.4) is 0 Å². The van der Waals surface area contributed by atoms with E-state index in [-0.39, 0.29) is 24.0 Å². The molecule has 7 heteroatoms. The first-order chi connectivity index (χ1) is 12.2. The summed E-state index contributed by atoms with van der Waals surface area (Å²) in [6.07, 6.45) is 9.90. The summed E-state index contributed by atoms with van der Waals surface area (Å²) >= 11 is 0. The number of nitrogens with zero attached hydrogens (tertiary/aromatic N) is 5. The van der Waals surface area contributed by atoms with Gasteiger partial charge in [-0.25, -0.2) is 9.67 Å². The molecule has 1 aromatic heterocycles. The average molecular weight is 468 g/mol. The van der Waals surface area contributed by atoms with Gasteiger partial charge in [0.2, 0.25) is 0 Å². The Labute approximate surface area is 173 Å². The highest BCUT2D eigenvalue weighted by Crippen LogP contribution is 2.08.